The van der Waals surface area contributed by atoms with Gasteiger partial charge in [0.05, 0.1) is 0 Å². The van der Waals surface area contributed by atoms with Crippen LogP contribution in [0.5, 0.6) is 0 Å². The zero-order valence-electron chi connectivity index (χ0n) is 2.93. The summed E-state index contributed by atoms with van der Waals surface area (Å²) in [6, 6.07) is 0. The first-order valence-corrected chi connectivity index (χ1v) is 4.30. The van der Waals surface area contributed by atoms with Gasteiger partial charge in [-0.1, -0.05) is 0 Å². The van der Waals surface area contributed by atoms with Gasteiger partial charge in [-0.25, -0.2) is 0 Å². The average molecular weight is 181 g/mol. The van der Waals surface area contributed by atoms with Crippen LogP contribution < -0.4 is 0 Å². The number of rotatable bonds is 0. The average Bonchev–Trinajstić information content (AvgIpc) is 1.86. The van der Waals surface area contributed by atoms with Crippen LogP contribution >= 0.6 is 39.0 Å². The molecule has 1 aliphatic rings. The van der Waals surface area contributed by atoms with Crippen molar-refractivity contribution in [2.24, 2.45) is 0 Å². The molecule has 1 rings (SSSR count). The highest BCUT2D eigenvalue weighted by Gasteiger charge is 2.10. The Hall–Kier alpha value is 0.985. The van der Waals surface area contributed by atoms with E-state index in [0.717, 1.165) is 0 Å². The van der Waals surface area contributed by atoms with E-state index in [2.05, 4.69) is 26.6 Å². The third-order valence-electron chi connectivity index (χ3n) is 0.427. The molecule has 1 heterocycles. The van der Waals surface area contributed by atoms with E-state index in [4.69, 9.17) is 0 Å². The van der Waals surface area contributed by atoms with Gasteiger partial charge in [-0.3, -0.25) is 0 Å². The van der Waals surface area contributed by atoms with Crippen molar-refractivity contribution in [2.75, 3.05) is 0 Å². The third-order valence-corrected chi connectivity index (χ3v) is 3.57. The van der Waals surface area contributed by atoms with Crippen LogP contribution in [0.2, 0.25) is 0 Å². The minimum absolute atomic E-state index is 0.581. The molecule has 0 aromatic carbocycles. The maximum Gasteiger partial charge on any atom is 0.359 e. The highest BCUT2D eigenvalue weighted by Crippen LogP contribution is 2.32. The molecular formula is C2H2BBrS2. The number of hydrogen-bond donors (Lipinski definition) is 0. The van der Waals surface area contributed by atoms with Crippen LogP contribution in [0, 0.1) is 0 Å². The van der Waals surface area contributed by atoms with Gasteiger partial charge >= 0.3 is 4.09 Å². The Bertz CT molecular complexity index is 65.9. The Morgan fingerprint density at radius 2 is 1.83 bits per heavy atom. The van der Waals surface area contributed by atoms with Crippen LogP contribution in [-0.4, -0.2) is 4.09 Å². The normalized spacial score (nSPS) is 19.8. The Balaban J connectivity index is 2.32. The molecule has 1 aliphatic heterocycles. The van der Waals surface area contributed by atoms with Gasteiger partial charge < -0.3 is 0 Å². The Labute approximate surface area is 54.0 Å². The molecule has 0 saturated heterocycles. The molecule has 0 aliphatic carbocycles. The van der Waals surface area contributed by atoms with Crippen molar-refractivity contribution < 1.29 is 0 Å². The second-order valence-electron chi connectivity index (χ2n) is 0.819. The first-order valence-electron chi connectivity index (χ1n) is 1.49. The van der Waals surface area contributed by atoms with Gasteiger partial charge in [-0.05, 0) is 10.8 Å². The summed E-state index contributed by atoms with van der Waals surface area (Å²) in [5.41, 5.74) is 0. The predicted molar refractivity (Wildman–Crippen MR) is 39.0 cm³/mol. The van der Waals surface area contributed by atoms with Crippen LogP contribution in [-0.2, 0) is 0 Å². The minimum atomic E-state index is 0.581. The van der Waals surface area contributed by atoms with Gasteiger partial charge in [0.1, 0.15) is 0 Å². The number of hydrogen-bond acceptors (Lipinski definition) is 2. The van der Waals surface area contributed by atoms with Crippen LogP contribution in [0.15, 0.2) is 10.8 Å². The van der Waals surface area contributed by atoms with Crippen LogP contribution in [0.4, 0.5) is 0 Å². The van der Waals surface area contributed by atoms with E-state index >= 15 is 0 Å². The summed E-state index contributed by atoms with van der Waals surface area (Å²) in [4.78, 5) is 0. The Morgan fingerprint density at radius 1 is 1.33 bits per heavy atom. The molecule has 0 bridgehead atoms. The summed E-state index contributed by atoms with van der Waals surface area (Å²) in [6.07, 6.45) is 0. The highest BCUT2D eigenvalue weighted by atomic mass is 79.9. The quantitative estimate of drug-likeness (QED) is 0.525. The summed E-state index contributed by atoms with van der Waals surface area (Å²) in [7, 11) is 0. The Morgan fingerprint density at radius 3 is 2.00 bits per heavy atom. The van der Waals surface area contributed by atoms with Crippen molar-refractivity contribution in [3.63, 3.8) is 0 Å². The molecule has 32 valence electrons. The SMILES string of the molecule is BrB1SC=CS1. The molecule has 0 unspecified atom stereocenters. The van der Waals surface area contributed by atoms with Gasteiger partial charge in [0, 0.05) is 0 Å². The van der Waals surface area contributed by atoms with Crippen molar-refractivity contribution in [3.8, 4) is 0 Å². The highest BCUT2D eigenvalue weighted by molar-refractivity contribution is 9.36. The molecule has 0 amide bonds. The van der Waals surface area contributed by atoms with Gasteiger partial charge in [-0.2, -0.15) is 23.2 Å². The maximum absolute atomic E-state index is 3.40. The summed E-state index contributed by atoms with van der Waals surface area (Å²) < 4.78 is 0.581. The molecule has 0 N–H and O–H groups in total. The molecule has 0 nitrogen and oxygen atoms in total. The molecule has 0 saturated carbocycles. The van der Waals surface area contributed by atoms with Gasteiger partial charge in [-0.15, -0.1) is 15.8 Å². The maximum atomic E-state index is 3.40. The second kappa shape index (κ2) is 2.33. The standard InChI is InChI=1S/C2H2BBrS2/c4-3-5-1-2-6-3/h1-2H. The first kappa shape index (κ1) is 5.13. The lowest BCUT2D eigenvalue weighted by Gasteiger charge is -1.82. The van der Waals surface area contributed by atoms with Gasteiger partial charge in [0.15, 0.2) is 0 Å². The largest absolute Gasteiger partial charge is 0.359 e. The van der Waals surface area contributed by atoms with Crippen LogP contribution in [0.3, 0.4) is 0 Å². The zero-order chi connectivity index (χ0) is 4.41. The van der Waals surface area contributed by atoms with Crippen molar-refractivity contribution in [1.82, 2.24) is 0 Å². The fourth-order valence-electron chi connectivity index (χ4n) is 0.220. The zero-order valence-corrected chi connectivity index (χ0v) is 6.15. The molecule has 0 atom stereocenters. The van der Waals surface area contributed by atoms with E-state index in [1.807, 2.05) is 0 Å². The van der Waals surface area contributed by atoms with E-state index < -0.39 is 0 Å². The number of halogens is 1. The van der Waals surface area contributed by atoms with Gasteiger partial charge in [0.25, 0.3) is 0 Å². The van der Waals surface area contributed by atoms with Crippen molar-refractivity contribution in [3.05, 3.63) is 10.8 Å². The van der Waals surface area contributed by atoms with Crippen LogP contribution in [0.25, 0.3) is 0 Å². The lowest BCUT2D eigenvalue weighted by molar-refractivity contribution is 2.61. The van der Waals surface area contributed by atoms with Crippen LogP contribution in [0.1, 0.15) is 0 Å². The molecule has 0 aromatic rings. The molecule has 0 spiro atoms. The van der Waals surface area contributed by atoms with Gasteiger partial charge in [0.2, 0.25) is 0 Å². The lowest BCUT2D eigenvalue weighted by atomic mass is 10.7. The summed E-state index contributed by atoms with van der Waals surface area (Å²) in [5.74, 6) is 0. The van der Waals surface area contributed by atoms with Crippen molar-refractivity contribution in [1.29, 1.82) is 0 Å². The second-order valence-corrected chi connectivity index (χ2v) is 5.28. The minimum Gasteiger partial charge on any atom is -0.154 e. The molecule has 0 aromatic heterocycles. The summed E-state index contributed by atoms with van der Waals surface area (Å²) in [5, 5.41) is 4.17. The van der Waals surface area contributed by atoms with Crippen molar-refractivity contribution >= 4 is 43.1 Å². The van der Waals surface area contributed by atoms with Crippen molar-refractivity contribution in [2.45, 2.75) is 0 Å². The van der Waals surface area contributed by atoms with E-state index in [0.29, 0.717) is 4.09 Å². The topological polar surface area (TPSA) is 0 Å². The predicted octanol–water partition coefficient (Wildman–Crippen LogP) is 2.32. The van der Waals surface area contributed by atoms with E-state index in [-0.39, 0.29) is 0 Å². The molecule has 4 heteroatoms. The molecule has 6 heavy (non-hydrogen) atoms. The van der Waals surface area contributed by atoms with E-state index in [1.165, 1.54) is 0 Å². The first-order chi connectivity index (χ1) is 2.89. The molecule has 0 radical (unpaired) electrons. The van der Waals surface area contributed by atoms with E-state index in [1.54, 1.807) is 23.2 Å². The Kier molecular flexibility index (Phi) is 1.99. The smallest absolute Gasteiger partial charge is 0.154 e. The molecular weight excluding hydrogens is 179 g/mol. The fourth-order valence-corrected chi connectivity index (χ4v) is 2.37. The lowest BCUT2D eigenvalue weighted by Crippen LogP contribution is -1.75. The molecule has 0 fully saturated rings. The summed E-state index contributed by atoms with van der Waals surface area (Å²) >= 11 is 6.99. The summed E-state index contributed by atoms with van der Waals surface area (Å²) in [6.45, 7) is 0. The monoisotopic (exact) mass is 180 g/mol. The fraction of sp³-hybridized carbons (Fsp3) is 0. The third kappa shape index (κ3) is 1.24. The van der Waals surface area contributed by atoms with E-state index in [9.17, 15) is 0 Å².